The largest absolute Gasteiger partial charge is 0.478 e. The van der Waals surface area contributed by atoms with Gasteiger partial charge in [0.05, 0.1) is 5.56 Å². The maximum absolute atomic E-state index is 12.5. The van der Waals surface area contributed by atoms with Gasteiger partial charge in [-0.25, -0.2) is 4.79 Å². The molecule has 0 unspecified atom stereocenters. The molecule has 1 saturated heterocycles. The van der Waals surface area contributed by atoms with Crippen molar-refractivity contribution in [1.82, 2.24) is 4.90 Å². The molecule has 1 aromatic carbocycles. The van der Waals surface area contributed by atoms with Gasteiger partial charge in [-0.05, 0) is 37.0 Å². The van der Waals surface area contributed by atoms with Gasteiger partial charge in [-0.1, -0.05) is 15.9 Å². The highest BCUT2D eigenvalue weighted by molar-refractivity contribution is 9.10. The van der Waals surface area contributed by atoms with E-state index >= 15 is 0 Å². The van der Waals surface area contributed by atoms with E-state index < -0.39 is 5.97 Å². The van der Waals surface area contributed by atoms with E-state index in [9.17, 15) is 9.59 Å². The molecule has 0 radical (unpaired) electrons. The van der Waals surface area contributed by atoms with Crippen LogP contribution in [-0.2, 0) is 4.74 Å². The average molecular weight is 356 g/mol. The van der Waals surface area contributed by atoms with Crippen molar-refractivity contribution in [2.24, 2.45) is 5.92 Å². The molecule has 0 bridgehead atoms. The van der Waals surface area contributed by atoms with Gasteiger partial charge in [0.15, 0.2) is 0 Å². The minimum Gasteiger partial charge on any atom is -0.478 e. The molecular weight excluding hydrogens is 338 g/mol. The molecule has 1 aliphatic heterocycles. The van der Waals surface area contributed by atoms with E-state index in [-0.39, 0.29) is 11.5 Å². The van der Waals surface area contributed by atoms with Crippen molar-refractivity contribution in [1.29, 1.82) is 0 Å². The van der Waals surface area contributed by atoms with Crippen molar-refractivity contribution in [2.75, 3.05) is 26.8 Å². The lowest BCUT2D eigenvalue weighted by molar-refractivity contribution is 0.0613. The van der Waals surface area contributed by atoms with Crippen LogP contribution in [-0.4, -0.2) is 48.7 Å². The number of ether oxygens (including phenoxy) is 1. The van der Waals surface area contributed by atoms with Gasteiger partial charge in [0.25, 0.3) is 5.91 Å². The predicted molar refractivity (Wildman–Crippen MR) is 81.6 cm³/mol. The fourth-order valence-electron chi connectivity index (χ4n) is 2.56. The SMILES string of the molecule is COCC1CCN(C(=O)c2cc(Br)cc(C(=O)O)c2)CC1. The molecule has 114 valence electrons. The van der Waals surface area contributed by atoms with Gasteiger partial charge in [0.1, 0.15) is 0 Å². The second kappa shape index (κ2) is 7.04. The molecule has 1 aliphatic rings. The summed E-state index contributed by atoms with van der Waals surface area (Å²) in [5, 5.41) is 9.06. The highest BCUT2D eigenvalue weighted by Gasteiger charge is 2.24. The smallest absolute Gasteiger partial charge is 0.335 e. The van der Waals surface area contributed by atoms with Crippen molar-refractivity contribution in [3.05, 3.63) is 33.8 Å². The molecule has 0 aromatic heterocycles. The van der Waals surface area contributed by atoms with E-state index in [0.717, 1.165) is 19.4 Å². The second-order valence-electron chi connectivity index (χ2n) is 5.22. The van der Waals surface area contributed by atoms with Gasteiger partial charge >= 0.3 is 5.97 Å². The number of methoxy groups -OCH3 is 1. The number of piperidine rings is 1. The number of benzene rings is 1. The summed E-state index contributed by atoms with van der Waals surface area (Å²) in [5.74, 6) is -0.657. The van der Waals surface area contributed by atoms with Crippen LogP contribution in [0.25, 0.3) is 0 Å². The van der Waals surface area contributed by atoms with Crippen LogP contribution in [0.5, 0.6) is 0 Å². The average Bonchev–Trinajstić information content (AvgIpc) is 2.47. The van der Waals surface area contributed by atoms with Crippen LogP contribution in [0.1, 0.15) is 33.6 Å². The summed E-state index contributed by atoms with van der Waals surface area (Å²) in [6.07, 6.45) is 1.83. The molecule has 0 atom stereocenters. The first-order chi connectivity index (χ1) is 10.0. The van der Waals surface area contributed by atoms with Crippen molar-refractivity contribution < 1.29 is 19.4 Å². The van der Waals surface area contributed by atoms with Crippen LogP contribution in [0, 0.1) is 5.92 Å². The van der Waals surface area contributed by atoms with E-state index in [1.807, 2.05) is 0 Å². The monoisotopic (exact) mass is 355 g/mol. The van der Waals surface area contributed by atoms with Crippen molar-refractivity contribution in [3.8, 4) is 0 Å². The molecule has 1 aromatic rings. The normalized spacial score (nSPS) is 16.0. The van der Waals surface area contributed by atoms with Gasteiger partial charge in [-0.3, -0.25) is 4.79 Å². The summed E-state index contributed by atoms with van der Waals surface area (Å²) in [7, 11) is 1.69. The predicted octanol–water partition coefficient (Wildman–Crippen LogP) is 2.65. The van der Waals surface area contributed by atoms with E-state index in [4.69, 9.17) is 9.84 Å². The number of hydrogen-bond acceptors (Lipinski definition) is 3. The summed E-state index contributed by atoms with van der Waals surface area (Å²) in [6.45, 7) is 2.09. The number of rotatable bonds is 4. The fourth-order valence-corrected chi connectivity index (χ4v) is 3.05. The molecule has 21 heavy (non-hydrogen) atoms. The zero-order valence-electron chi connectivity index (χ0n) is 11.8. The standard InChI is InChI=1S/C15H18BrNO4/c1-21-9-10-2-4-17(5-3-10)14(18)11-6-12(15(19)20)8-13(16)7-11/h6-8,10H,2-5,9H2,1H3,(H,19,20). The number of carboxylic acid groups (broad SMARTS) is 1. The number of halogens is 1. The Morgan fingerprint density at radius 3 is 2.48 bits per heavy atom. The van der Waals surface area contributed by atoms with Crippen LogP contribution >= 0.6 is 15.9 Å². The third-order valence-corrected chi connectivity index (χ3v) is 4.15. The number of amides is 1. The van der Waals surface area contributed by atoms with Gasteiger partial charge in [0, 0.05) is 36.8 Å². The summed E-state index contributed by atoms with van der Waals surface area (Å²) in [6, 6.07) is 4.58. The number of likely N-dealkylation sites (tertiary alicyclic amines) is 1. The van der Waals surface area contributed by atoms with E-state index in [1.54, 1.807) is 18.1 Å². The number of aromatic carboxylic acids is 1. The van der Waals surface area contributed by atoms with Crippen molar-refractivity contribution in [2.45, 2.75) is 12.8 Å². The third kappa shape index (κ3) is 4.04. The van der Waals surface area contributed by atoms with E-state index in [1.165, 1.54) is 12.1 Å². The third-order valence-electron chi connectivity index (χ3n) is 3.70. The molecule has 5 nitrogen and oxygen atoms in total. The number of carbonyl (C=O) groups excluding carboxylic acids is 1. The highest BCUT2D eigenvalue weighted by atomic mass is 79.9. The Balaban J connectivity index is 2.09. The summed E-state index contributed by atoms with van der Waals surface area (Å²) in [5.41, 5.74) is 0.522. The highest BCUT2D eigenvalue weighted by Crippen LogP contribution is 2.22. The maximum atomic E-state index is 12.5. The lowest BCUT2D eigenvalue weighted by Crippen LogP contribution is -2.39. The molecule has 0 aliphatic carbocycles. The Morgan fingerprint density at radius 2 is 1.90 bits per heavy atom. The molecule has 1 fully saturated rings. The quantitative estimate of drug-likeness (QED) is 0.901. The molecule has 6 heteroatoms. The number of carboxylic acids is 1. The molecule has 1 amide bonds. The maximum Gasteiger partial charge on any atom is 0.335 e. The summed E-state index contributed by atoms with van der Waals surface area (Å²) in [4.78, 5) is 25.3. The lowest BCUT2D eigenvalue weighted by Gasteiger charge is -2.31. The van der Waals surface area contributed by atoms with Crippen molar-refractivity contribution in [3.63, 3.8) is 0 Å². The van der Waals surface area contributed by atoms with Gasteiger partial charge in [-0.15, -0.1) is 0 Å². The van der Waals surface area contributed by atoms with Gasteiger partial charge in [-0.2, -0.15) is 0 Å². The van der Waals surface area contributed by atoms with Crippen LogP contribution in [0.15, 0.2) is 22.7 Å². The van der Waals surface area contributed by atoms with Crippen LogP contribution < -0.4 is 0 Å². The molecule has 1 N–H and O–H groups in total. The molecule has 0 saturated carbocycles. The fraction of sp³-hybridized carbons (Fsp3) is 0.467. The molecule has 2 rings (SSSR count). The Morgan fingerprint density at radius 1 is 1.29 bits per heavy atom. The first-order valence-corrected chi connectivity index (χ1v) is 7.62. The molecule has 0 spiro atoms. The zero-order chi connectivity index (χ0) is 15.4. The second-order valence-corrected chi connectivity index (χ2v) is 6.14. The van der Waals surface area contributed by atoms with Crippen LogP contribution in [0.4, 0.5) is 0 Å². The summed E-state index contributed by atoms with van der Waals surface area (Å²) < 4.78 is 5.74. The molecule has 1 heterocycles. The Labute approximate surface area is 132 Å². The van der Waals surface area contributed by atoms with Crippen LogP contribution in [0.3, 0.4) is 0 Å². The van der Waals surface area contributed by atoms with Crippen LogP contribution in [0.2, 0.25) is 0 Å². The summed E-state index contributed by atoms with van der Waals surface area (Å²) >= 11 is 3.25. The van der Waals surface area contributed by atoms with Gasteiger partial charge < -0.3 is 14.7 Å². The Bertz CT molecular complexity index is 538. The Hall–Kier alpha value is -1.40. The van der Waals surface area contributed by atoms with E-state index in [0.29, 0.717) is 29.0 Å². The topological polar surface area (TPSA) is 66.8 Å². The Kier molecular flexibility index (Phi) is 5.36. The minimum absolute atomic E-state index is 0.113. The minimum atomic E-state index is -1.04. The molecular formula is C15H18BrNO4. The lowest BCUT2D eigenvalue weighted by atomic mass is 9.97. The van der Waals surface area contributed by atoms with E-state index in [2.05, 4.69) is 15.9 Å². The number of hydrogen-bond donors (Lipinski definition) is 1. The first kappa shape index (κ1) is 16.0. The first-order valence-electron chi connectivity index (χ1n) is 6.83. The van der Waals surface area contributed by atoms with Gasteiger partial charge in [0.2, 0.25) is 0 Å². The number of carbonyl (C=O) groups is 2. The van der Waals surface area contributed by atoms with Crippen molar-refractivity contribution >= 4 is 27.8 Å². The number of nitrogens with zero attached hydrogens (tertiary/aromatic N) is 1. The zero-order valence-corrected chi connectivity index (χ0v) is 13.4.